The summed E-state index contributed by atoms with van der Waals surface area (Å²) in [5.41, 5.74) is 11.2. The van der Waals surface area contributed by atoms with Crippen LogP contribution in [0.15, 0.2) is 160 Å². The number of rotatable bonds is 3. The number of hydrogen-bond donors (Lipinski definition) is 0. The van der Waals surface area contributed by atoms with Crippen LogP contribution in [0.2, 0.25) is 0 Å². The summed E-state index contributed by atoms with van der Waals surface area (Å²) in [6, 6.07) is 53.4. The summed E-state index contributed by atoms with van der Waals surface area (Å²) in [7, 11) is 0. The van der Waals surface area contributed by atoms with E-state index < -0.39 is 0 Å². The average Bonchev–Trinajstić information content (AvgIpc) is 3.78. The van der Waals surface area contributed by atoms with Crippen LogP contribution >= 0.6 is 0 Å². The van der Waals surface area contributed by atoms with E-state index in [2.05, 4.69) is 144 Å². The predicted octanol–water partition coefficient (Wildman–Crippen LogP) is 11.9. The highest BCUT2D eigenvalue weighted by atomic mass is 16.3. The monoisotopic (exact) mass is 575 g/mol. The maximum Gasteiger partial charge on any atom is 0.159 e. The molecule has 0 bridgehead atoms. The summed E-state index contributed by atoms with van der Waals surface area (Å²) in [5.74, 6) is 0. The van der Waals surface area contributed by atoms with Crippen molar-refractivity contribution >= 4 is 65.7 Å². The normalized spacial score (nSPS) is 12.0. The van der Waals surface area contributed by atoms with Gasteiger partial charge in [-0.15, -0.1) is 0 Å². The molecule has 3 heteroatoms. The molecule has 3 nitrogen and oxygen atoms in total. The second kappa shape index (κ2) is 9.22. The first-order valence-corrected chi connectivity index (χ1v) is 15.3. The maximum absolute atomic E-state index is 7.07. The minimum absolute atomic E-state index is 0.861. The van der Waals surface area contributed by atoms with E-state index >= 15 is 0 Å². The molecule has 210 valence electrons. The summed E-state index contributed by atoms with van der Waals surface area (Å²) in [6.45, 7) is 0. The molecule has 10 rings (SSSR count). The van der Waals surface area contributed by atoms with E-state index in [0.29, 0.717) is 0 Å². The standard InChI is InChI=1S/C42H25NO2/c1-2-12-26(13-3-1)27-24-25-31(33-18-10-17-32-30-16-6-9-23-38(30)44-40(32)33)39-34-19-11-22-37(41(34)45-42(27)39)43-35-20-7-4-14-28(35)29-15-5-8-21-36(29)43/h1-25H. The molecule has 0 radical (unpaired) electrons. The lowest BCUT2D eigenvalue weighted by atomic mass is 9.93. The van der Waals surface area contributed by atoms with Crippen molar-refractivity contribution in [3.8, 4) is 27.9 Å². The molecule has 45 heavy (non-hydrogen) atoms. The molecule has 0 aliphatic heterocycles. The zero-order valence-corrected chi connectivity index (χ0v) is 24.2. The Hall–Kier alpha value is -6.06. The first kappa shape index (κ1) is 24.4. The van der Waals surface area contributed by atoms with Crippen molar-refractivity contribution < 1.29 is 8.83 Å². The van der Waals surface area contributed by atoms with Crippen molar-refractivity contribution in [3.63, 3.8) is 0 Å². The predicted molar refractivity (Wildman–Crippen MR) is 186 cm³/mol. The number of hydrogen-bond acceptors (Lipinski definition) is 2. The van der Waals surface area contributed by atoms with Gasteiger partial charge in [0.1, 0.15) is 16.7 Å². The fourth-order valence-electron chi connectivity index (χ4n) is 7.27. The van der Waals surface area contributed by atoms with Crippen LogP contribution in [0.4, 0.5) is 0 Å². The van der Waals surface area contributed by atoms with Gasteiger partial charge in [0.15, 0.2) is 5.58 Å². The fraction of sp³-hybridized carbons (Fsp3) is 0. The number of fused-ring (bicyclic) bond motifs is 9. The molecule has 0 saturated heterocycles. The van der Waals surface area contributed by atoms with Crippen LogP contribution in [0.5, 0.6) is 0 Å². The number of furan rings is 2. The topological polar surface area (TPSA) is 31.2 Å². The van der Waals surface area contributed by atoms with E-state index in [1.165, 1.54) is 10.8 Å². The zero-order valence-electron chi connectivity index (χ0n) is 24.2. The van der Waals surface area contributed by atoms with Gasteiger partial charge < -0.3 is 13.4 Å². The second-order valence-corrected chi connectivity index (χ2v) is 11.6. The van der Waals surface area contributed by atoms with Crippen LogP contribution in [-0.4, -0.2) is 4.57 Å². The zero-order chi connectivity index (χ0) is 29.5. The molecule has 7 aromatic carbocycles. The lowest BCUT2D eigenvalue weighted by Gasteiger charge is -2.09. The molecule has 0 fully saturated rings. The van der Waals surface area contributed by atoms with Gasteiger partial charge in [0.25, 0.3) is 0 Å². The molecule has 0 saturated carbocycles. The van der Waals surface area contributed by atoms with Crippen LogP contribution in [0.1, 0.15) is 0 Å². The molecular formula is C42H25NO2. The molecular weight excluding hydrogens is 550 g/mol. The van der Waals surface area contributed by atoms with Crippen LogP contribution in [0, 0.1) is 0 Å². The van der Waals surface area contributed by atoms with Gasteiger partial charge in [-0.3, -0.25) is 0 Å². The van der Waals surface area contributed by atoms with E-state index in [0.717, 1.165) is 82.9 Å². The molecule has 0 aliphatic carbocycles. The Balaban J connectivity index is 1.35. The smallest absolute Gasteiger partial charge is 0.159 e. The van der Waals surface area contributed by atoms with Crippen LogP contribution in [0.3, 0.4) is 0 Å². The highest BCUT2D eigenvalue weighted by Crippen LogP contribution is 2.46. The summed E-state index contributed by atoms with van der Waals surface area (Å²) in [4.78, 5) is 0. The molecule has 0 atom stereocenters. The minimum atomic E-state index is 0.861. The SMILES string of the molecule is c1ccc(-c2ccc(-c3cccc4c3oc3ccccc34)c3c2oc2c(-n4c5ccccc5c5ccccc54)cccc23)cc1. The third-order valence-electron chi connectivity index (χ3n) is 9.23. The van der Waals surface area contributed by atoms with E-state index in [9.17, 15) is 0 Å². The van der Waals surface area contributed by atoms with Gasteiger partial charge in [0.2, 0.25) is 0 Å². The minimum Gasteiger partial charge on any atom is -0.455 e. The van der Waals surface area contributed by atoms with Crippen molar-refractivity contribution in [1.82, 2.24) is 4.57 Å². The van der Waals surface area contributed by atoms with E-state index in [4.69, 9.17) is 8.83 Å². The highest BCUT2D eigenvalue weighted by molar-refractivity contribution is 6.21. The van der Waals surface area contributed by atoms with Crippen molar-refractivity contribution in [2.24, 2.45) is 0 Å². The number of benzene rings is 7. The molecule has 0 aliphatic rings. The average molecular weight is 576 g/mol. The van der Waals surface area contributed by atoms with Crippen molar-refractivity contribution in [3.05, 3.63) is 152 Å². The first-order valence-electron chi connectivity index (χ1n) is 15.3. The Morgan fingerprint density at radius 1 is 0.356 bits per heavy atom. The second-order valence-electron chi connectivity index (χ2n) is 11.6. The quantitative estimate of drug-likeness (QED) is 0.210. The Morgan fingerprint density at radius 3 is 1.78 bits per heavy atom. The molecule has 0 unspecified atom stereocenters. The Morgan fingerprint density at radius 2 is 0.978 bits per heavy atom. The largest absolute Gasteiger partial charge is 0.455 e. The van der Waals surface area contributed by atoms with Gasteiger partial charge in [-0.2, -0.15) is 0 Å². The Kier molecular flexibility index (Phi) is 5.00. The van der Waals surface area contributed by atoms with Gasteiger partial charge in [0, 0.05) is 43.4 Å². The molecule has 3 aromatic heterocycles. The Labute approximate surface area is 258 Å². The lowest BCUT2D eigenvalue weighted by Crippen LogP contribution is -1.94. The van der Waals surface area contributed by atoms with Gasteiger partial charge in [0.05, 0.1) is 16.7 Å². The molecule has 0 N–H and O–H groups in total. The molecule has 0 amide bonds. The summed E-state index contributed by atoms with van der Waals surface area (Å²) >= 11 is 0. The van der Waals surface area contributed by atoms with E-state index in [-0.39, 0.29) is 0 Å². The van der Waals surface area contributed by atoms with Crippen molar-refractivity contribution in [1.29, 1.82) is 0 Å². The van der Waals surface area contributed by atoms with Gasteiger partial charge in [-0.1, -0.05) is 121 Å². The number of aromatic nitrogens is 1. The van der Waals surface area contributed by atoms with E-state index in [1.54, 1.807) is 0 Å². The first-order chi connectivity index (χ1) is 22.3. The van der Waals surface area contributed by atoms with Crippen molar-refractivity contribution in [2.45, 2.75) is 0 Å². The van der Waals surface area contributed by atoms with Crippen LogP contribution in [0.25, 0.3) is 93.6 Å². The molecule has 0 spiro atoms. The number of nitrogens with zero attached hydrogens (tertiary/aromatic N) is 1. The Bertz CT molecular complexity index is 2710. The van der Waals surface area contributed by atoms with Crippen LogP contribution in [-0.2, 0) is 0 Å². The summed E-state index contributed by atoms with van der Waals surface area (Å²) in [6.07, 6.45) is 0. The fourth-order valence-corrected chi connectivity index (χ4v) is 7.27. The third kappa shape index (κ3) is 3.41. The summed E-state index contributed by atoms with van der Waals surface area (Å²) < 4.78 is 16.0. The van der Waals surface area contributed by atoms with E-state index in [1.807, 2.05) is 12.1 Å². The van der Waals surface area contributed by atoms with Gasteiger partial charge >= 0.3 is 0 Å². The number of para-hydroxylation sites is 5. The maximum atomic E-state index is 7.07. The highest BCUT2D eigenvalue weighted by Gasteiger charge is 2.23. The molecule has 3 heterocycles. The summed E-state index contributed by atoms with van der Waals surface area (Å²) in [5, 5.41) is 6.85. The van der Waals surface area contributed by atoms with Gasteiger partial charge in [-0.25, -0.2) is 0 Å². The van der Waals surface area contributed by atoms with Crippen LogP contribution < -0.4 is 0 Å². The molecule has 10 aromatic rings. The third-order valence-corrected chi connectivity index (χ3v) is 9.23. The van der Waals surface area contributed by atoms with Crippen molar-refractivity contribution in [2.75, 3.05) is 0 Å². The lowest BCUT2D eigenvalue weighted by molar-refractivity contribution is 0.667. The van der Waals surface area contributed by atoms with Gasteiger partial charge in [-0.05, 0) is 41.5 Å².